The third-order valence-corrected chi connectivity index (χ3v) is 2.67. The third kappa shape index (κ3) is 3.85. The molecular formula is C12H15F3O. The van der Waals surface area contributed by atoms with Gasteiger partial charge >= 0.3 is 6.18 Å². The molecule has 0 bridgehead atoms. The van der Waals surface area contributed by atoms with E-state index < -0.39 is 18.2 Å². The molecule has 0 fully saturated rings. The molecule has 2 atom stereocenters. The van der Waals surface area contributed by atoms with E-state index in [2.05, 4.69) is 0 Å². The van der Waals surface area contributed by atoms with Gasteiger partial charge in [0.25, 0.3) is 0 Å². The zero-order valence-corrected chi connectivity index (χ0v) is 9.04. The Bertz CT molecular complexity index is 308. The second kappa shape index (κ2) is 5.34. The smallest absolute Gasteiger partial charge is 0.392 e. The van der Waals surface area contributed by atoms with E-state index in [1.807, 2.05) is 30.3 Å². The van der Waals surface area contributed by atoms with Crippen molar-refractivity contribution in [1.29, 1.82) is 0 Å². The molecular weight excluding hydrogens is 217 g/mol. The Morgan fingerprint density at radius 1 is 1.19 bits per heavy atom. The molecule has 0 saturated carbocycles. The van der Waals surface area contributed by atoms with Crippen LogP contribution in [0.2, 0.25) is 0 Å². The molecule has 0 aliphatic carbocycles. The van der Waals surface area contributed by atoms with E-state index in [1.54, 1.807) is 0 Å². The number of aliphatic hydroxyl groups excluding tert-OH is 1. The van der Waals surface area contributed by atoms with Gasteiger partial charge in [-0.25, -0.2) is 0 Å². The predicted molar refractivity (Wildman–Crippen MR) is 56.0 cm³/mol. The van der Waals surface area contributed by atoms with Crippen LogP contribution in [0.3, 0.4) is 0 Å². The average Bonchev–Trinajstić information content (AvgIpc) is 2.25. The maximum Gasteiger partial charge on any atom is 0.394 e. The lowest BCUT2D eigenvalue weighted by Gasteiger charge is -2.21. The molecule has 0 aliphatic heterocycles. The Labute approximate surface area is 92.9 Å². The highest BCUT2D eigenvalue weighted by molar-refractivity contribution is 5.14. The molecule has 1 rings (SSSR count). The molecule has 0 unspecified atom stereocenters. The minimum atomic E-state index is -4.32. The normalized spacial score (nSPS) is 15.8. The minimum Gasteiger partial charge on any atom is -0.392 e. The summed E-state index contributed by atoms with van der Waals surface area (Å²) in [7, 11) is 0. The summed E-state index contributed by atoms with van der Waals surface area (Å²) in [5.41, 5.74) is 0.941. The molecule has 1 aromatic carbocycles. The number of alkyl halides is 3. The van der Waals surface area contributed by atoms with Crippen molar-refractivity contribution < 1.29 is 18.3 Å². The zero-order chi connectivity index (χ0) is 12.2. The molecule has 90 valence electrons. The quantitative estimate of drug-likeness (QED) is 0.845. The highest BCUT2D eigenvalue weighted by atomic mass is 19.4. The van der Waals surface area contributed by atoms with Crippen LogP contribution < -0.4 is 0 Å². The van der Waals surface area contributed by atoms with Gasteiger partial charge in [0.1, 0.15) is 0 Å². The van der Waals surface area contributed by atoms with Crippen LogP contribution in [0.25, 0.3) is 0 Å². The molecule has 0 amide bonds. The first kappa shape index (κ1) is 13.0. The van der Waals surface area contributed by atoms with E-state index in [9.17, 15) is 18.3 Å². The van der Waals surface area contributed by atoms with E-state index in [0.29, 0.717) is 6.42 Å². The van der Waals surface area contributed by atoms with Gasteiger partial charge in [-0.15, -0.1) is 0 Å². The average molecular weight is 232 g/mol. The van der Waals surface area contributed by atoms with Crippen molar-refractivity contribution in [2.45, 2.75) is 32.0 Å². The summed E-state index contributed by atoms with van der Waals surface area (Å²) >= 11 is 0. The molecule has 16 heavy (non-hydrogen) atoms. The molecule has 4 heteroatoms. The maximum atomic E-state index is 12.3. The lowest BCUT2D eigenvalue weighted by atomic mass is 9.97. The van der Waals surface area contributed by atoms with E-state index in [-0.39, 0.29) is 6.42 Å². The van der Waals surface area contributed by atoms with Crippen molar-refractivity contribution in [3.8, 4) is 0 Å². The minimum absolute atomic E-state index is 0.130. The molecule has 1 N–H and O–H groups in total. The number of hydrogen-bond acceptors (Lipinski definition) is 1. The highest BCUT2D eigenvalue weighted by Gasteiger charge is 2.40. The number of hydrogen-bond donors (Lipinski definition) is 1. The maximum absolute atomic E-state index is 12.3. The number of benzene rings is 1. The van der Waals surface area contributed by atoms with Crippen LogP contribution in [0, 0.1) is 5.92 Å². The molecule has 0 spiro atoms. The van der Waals surface area contributed by atoms with E-state index in [0.717, 1.165) is 12.5 Å². The van der Waals surface area contributed by atoms with Crippen LogP contribution in [0.15, 0.2) is 30.3 Å². The summed E-state index contributed by atoms with van der Waals surface area (Å²) in [6, 6.07) is 9.18. The third-order valence-electron chi connectivity index (χ3n) is 2.67. The summed E-state index contributed by atoms with van der Waals surface area (Å²) in [6.45, 7) is 1.01. The number of aryl methyl sites for hydroxylation is 1. The summed E-state index contributed by atoms with van der Waals surface area (Å²) < 4.78 is 36.8. The first-order valence-electron chi connectivity index (χ1n) is 5.20. The van der Waals surface area contributed by atoms with Crippen molar-refractivity contribution in [3.05, 3.63) is 35.9 Å². The van der Waals surface area contributed by atoms with E-state index in [4.69, 9.17) is 0 Å². The monoisotopic (exact) mass is 232 g/mol. The van der Waals surface area contributed by atoms with Crippen LogP contribution in [-0.4, -0.2) is 17.4 Å². The molecule has 0 aromatic heterocycles. The number of halogens is 3. The zero-order valence-electron chi connectivity index (χ0n) is 9.04. The molecule has 0 heterocycles. The van der Waals surface area contributed by atoms with Crippen LogP contribution in [-0.2, 0) is 6.42 Å². The van der Waals surface area contributed by atoms with Gasteiger partial charge in [0.2, 0.25) is 0 Å². The molecule has 1 aromatic rings. The number of aliphatic hydroxyl groups is 1. The van der Waals surface area contributed by atoms with Gasteiger partial charge in [0, 0.05) is 0 Å². The largest absolute Gasteiger partial charge is 0.394 e. The fraction of sp³-hybridized carbons (Fsp3) is 0.500. The van der Waals surface area contributed by atoms with Gasteiger partial charge in [-0.3, -0.25) is 0 Å². The second-order valence-corrected chi connectivity index (χ2v) is 3.92. The van der Waals surface area contributed by atoms with Crippen molar-refractivity contribution in [3.63, 3.8) is 0 Å². The molecule has 0 radical (unpaired) electrons. The van der Waals surface area contributed by atoms with Gasteiger partial charge in [-0.2, -0.15) is 13.2 Å². The van der Waals surface area contributed by atoms with E-state index >= 15 is 0 Å². The first-order chi connectivity index (χ1) is 7.41. The first-order valence-corrected chi connectivity index (χ1v) is 5.20. The standard InChI is InChI=1S/C12H15F3O/c1-9(12(13,14)15)11(16)8-7-10-5-3-2-4-6-10/h2-6,9,11,16H,7-8H2,1H3/t9-,11+/m0/s1. The van der Waals surface area contributed by atoms with Crippen LogP contribution in [0.4, 0.5) is 13.2 Å². The van der Waals surface area contributed by atoms with E-state index in [1.165, 1.54) is 0 Å². The lowest BCUT2D eigenvalue weighted by molar-refractivity contribution is -0.194. The topological polar surface area (TPSA) is 20.2 Å². The lowest BCUT2D eigenvalue weighted by Crippen LogP contribution is -2.31. The molecule has 0 aliphatic rings. The van der Waals surface area contributed by atoms with Crippen LogP contribution >= 0.6 is 0 Å². The van der Waals surface area contributed by atoms with Crippen molar-refractivity contribution in [2.24, 2.45) is 5.92 Å². The summed E-state index contributed by atoms with van der Waals surface area (Å²) in [5.74, 6) is -1.67. The summed E-state index contributed by atoms with van der Waals surface area (Å²) in [4.78, 5) is 0. The van der Waals surface area contributed by atoms with Crippen LogP contribution in [0.5, 0.6) is 0 Å². The predicted octanol–water partition coefficient (Wildman–Crippen LogP) is 3.18. The van der Waals surface area contributed by atoms with Gasteiger partial charge in [0.05, 0.1) is 12.0 Å². The Morgan fingerprint density at radius 3 is 2.25 bits per heavy atom. The van der Waals surface area contributed by atoms with Gasteiger partial charge < -0.3 is 5.11 Å². The van der Waals surface area contributed by atoms with Crippen LogP contribution in [0.1, 0.15) is 18.9 Å². The Morgan fingerprint density at radius 2 is 1.75 bits per heavy atom. The highest BCUT2D eigenvalue weighted by Crippen LogP contribution is 2.29. The number of rotatable bonds is 4. The van der Waals surface area contributed by atoms with Crippen molar-refractivity contribution in [1.82, 2.24) is 0 Å². The SMILES string of the molecule is C[C@@H]([C@H](O)CCc1ccccc1)C(F)(F)F. The fourth-order valence-corrected chi connectivity index (χ4v) is 1.43. The van der Waals surface area contributed by atoms with Crippen molar-refractivity contribution in [2.75, 3.05) is 0 Å². The fourth-order valence-electron chi connectivity index (χ4n) is 1.43. The summed E-state index contributed by atoms with van der Waals surface area (Å²) in [5, 5.41) is 9.39. The molecule has 1 nitrogen and oxygen atoms in total. The summed E-state index contributed by atoms with van der Waals surface area (Å²) in [6.07, 6.45) is -5.07. The van der Waals surface area contributed by atoms with Gasteiger partial charge in [-0.1, -0.05) is 37.3 Å². The van der Waals surface area contributed by atoms with Gasteiger partial charge in [0.15, 0.2) is 0 Å². The Balaban J connectivity index is 2.44. The van der Waals surface area contributed by atoms with Crippen molar-refractivity contribution >= 4 is 0 Å². The Kier molecular flexibility index (Phi) is 4.35. The van der Waals surface area contributed by atoms with Gasteiger partial charge in [-0.05, 0) is 18.4 Å². The molecule has 0 saturated heterocycles. The second-order valence-electron chi connectivity index (χ2n) is 3.92. The Hall–Kier alpha value is -1.03.